The first-order valence-corrected chi connectivity index (χ1v) is 8.33. The lowest BCUT2D eigenvalue weighted by Crippen LogP contribution is -2.46. The monoisotopic (exact) mass is 288 g/mol. The van der Waals surface area contributed by atoms with E-state index in [1.54, 1.807) is 0 Å². The van der Waals surface area contributed by atoms with Gasteiger partial charge in [0.2, 0.25) is 0 Å². The molecule has 0 bridgehead atoms. The van der Waals surface area contributed by atoms with Crippen LogP contribution in [-0.2, 0) is 10.2 Å². The van der Waals surface area contributed by atoms with Gasteiger partial charge in [-0.2, -0.15) is 0 Å². The minimum Gasteiger partial charge on any atom is -0.388 e. The van der Waals surface area contributed by atoms with Gasteiger partial charge in [0, 0.05) is 6.61 Å². The molecule has 21 heavy (non-hydrogen) atoms. The van der Waals surface area contributed by atoms with E-state index in [4.69, 9.17) is 4.74 Å². The Hall–Kier alpha value is -0.860. The summed E-state index contributed by atoms with van der Waals surface area (Å²) in [6, 6.07) is 8.39. The molecule has 2 atom stereocenters. The Morgan fingerprint density at radius 1 is 1.24 bits per heavy atom. The van der Waals surface area contributed by atoms with Crippen LogP contribution in [0.3, 0.4) is 0 Å². The Morgan fingerprint density at radius 2 is 1.95 bits per heavy atom. The highest BCUT2D eigenvalue weighted by Crippen LogP contribution is 2.47. The quantitative estimate of drug-likeness (QED) is 0.875. The fourth-order valence-electron chi connectivity index (χ4n) is 3.95. The molecule has 1 saturated carbocycles. The van der Waals surface area contributed by atoms with Crippen LogP contribution in [0.1, 0.15) is 70.1 Å². The summed E-state index contributed by atoms with van der Waals surface area (Å²) in [5, 5.41) is 11.0. The average Bonchev–Trinajstić information content (AvgIpc) is 2.44. The lowest BCUT2D eigenvalue weighted by atomic mass is 9.69. The van der Waals surface area contributed by atoms with E-state index in [0.717, 1.165) is 25.0 Å². The molecule has 2 heteroatoms. The molecule has 1 spiro atoms. The maximum atomic E-state index is 11.0. The molecular weight excluding hydrogens is 260 g/mol. The van der Waals surface area contributed by atoms with Gasteiger partial charge in [-0.15, -0.1) is 0 Å². The molecule has 2 fully saturated rings. The van der Waals surface area contributed by atoms with Gasteiger partial charge in [0.1, 0.15) is 0 Å². The van der Waals surface area contributed by atoms with Crippen molar-refractivity contribution in [2.75, 3.05) is 6.61 Å². The van der Waals surface area contributed by atoms with Crippen molar-refractivity contribution in [3.8, 4) is 0 Å². The summed E-state index contributed by atoms with van der Waals surface area (Å²) in [6.07, 6.45) is 5.27. The molecule has 0 amide bonds. The molecular formula is C19H28O2. The van der Waals surface area contributed by atoms with E-state index in [9.17, 15) is 5.11 Å². The van der Waals surface area contributed by atoms with Crippen LogP contribution in [0.25, 0.3) is 0 Å². The van der Waals surface area contributed by atoms with E-state index in [1.807, 2.05) is 6.07 Å². The Labute approximate surface area is 128 Å². The van der Waals surface area contributed by atoms with Crippen LogP contribution in [0.4, 0.5) is 0 Å². The molecule has 0 radical (unpaired) electrons. The molecule has 2 aliphatic rings. The van der Waals surface area contributed by atoms with Crippen LogP contribution in [0.5, 0.6) is 0 Å². The van der Waals surface area contributed by atoms with Crippen LogP contribution in [-0.4, -0.2) is 17.3 Å². The molecule has 0 aromatic heterocycles. The zero-order valence-electron chi connectivity index (χ0n) is 13.6. The minimum absolute atomic E-state index is 0.0664. The molecule has 3 rings (SSSR count). The van der Waals surface area contributed by atoms with Gasteiger partial charge in [-0.25, -0.2) is 0 Å². The third-order valence-electron chi connectivity index (χ3n) is 5.33. The summed E-state index contributed by atoms with van der Waals surface area (Å²) in [7, 11) is 0. The van der Waals surface area contributed by atoms with Crippen molar-refractivity contribution in [1.29, 1.82) is 0 Å². The number of hydrogen-bond acceptors (Lipinski definition) is 2. The Bertz CT molecular complexity index is 497. The number of aliphatic hydroxyl groups excluding tert-OH is 1. The molecule has 1 N–H and O–H groups in total. The zero-order valence-corrected chi connectivity index (χ0v) is 13.6. The lowest BCUT2D eigenvalue weighted by molar-refractivity contribution is -0.157. The van der Waals surface area contributed by atoms with E-state index >= 15 is 0 Å². The predicted octanol–water partition coefficient (Wildman–Crippen LogP) is 4.37. The average molecular weight is 288 g/mol. The number of aliphatic hydroxyl groups is 1. The first-order valence-electron chi connectivity index (χ1n) is 8.33. The van der Waals surface area contributed by atoms with Crippen molar-refractivity contribution in [2.45, 2.75) is 70.0 Å². The van der Waals surface area contributed by atoms with E-state index in [2.05, 4.69) is 39.0 Å². The summed E-state index contributed by atoms with van der Waals surface area (Å²) in [5.74, 6) is 0.336. The van der Waals surface area contributed by atoms with Gasteiger partial charge in [-0.3, -0.25) is 0 Å². The number of benzene rings is 1. The minimum atomic E-state index is -0.359. The summed E-state index contributed by atoms with van der Waals surface area (Å²) in [4.78, 5) is 0. The number of rotatable bonds is 2. The van der Waals surface area contributed by atoms with Crippen molar-refractivity contribution < 1.29 is 9.84 Å². The smallest absolute Gasteiger partial charge is 0.0822 e. The second kappa shape index (κ2) is 5.40. The largest absolute Gasteiger partial charge is 0.388 e. The summed E-state index contributed by atoms with van der Waals surface area (Å²) in [5.41, 5.74) is 2.55. The van der Waals surface area contributed by atoms with Gasteiger partial charge in [-0.1, -0.05) is 45.0 Å². The van der Waals surface area contributed by atoms with Crippen LogP contribution in [0.15, 0.2) is 24.3 Å². The van der Waals surface area contributed by atoms with Crippen LogP contribution >= 0.6 is 0 Å². The Morgan fingerprint density at radius 3 is 2.57 bits per heavy atom. The van der Waals surface area contributed by atoms with E-state index in [-0.39, 0.29) is 17.1 Å². The molecule has 1 aromatic carbocycles. The van der Waals surface area contributed by atoms with E-state index in [1.165, 1.54) is 24.8 Å². The standard InChI is InChI=1S/C19H28O2/c1-18(2,3)16-8-5-4-7-15(16)17(20)14-9-12-21-19(13-14)10-6-11-19/h4-5,7-8,14,17,20H,6,9-13H2,1-3H3. The van der Waals surface area contributed by atoms with Gasteiger partial charge in [0.25, 0.3) is 0 Å². The maximum absolute atomic E-state index is 11.0. The van der Waals surface area contributed by atoms with Gasteiger partial charge < -0.3 is 9.84 Å². The first kappa shape index (κ1) is 15.1. The van der Waals surface area contributed by atoms with Crippen molar-refractivity contribution in [1.82, 2.24) is 0 Å². The second-order valence-electron chi connectivity index (χ2n) is 7.92. The van der Waals surface area contributed by atoms with Crippen LogP contribution < -0.4 is 0 Å². The molecule has 1 aliphatic heterocycles. The topological polar surface area (TPSA) is 29.5 Å². The normalized spacial score (nSPS) is 26.4. The molecule has 2 nitrogen and oxygen atoms in total. The van der Waals surface area contributed by atoms with Gasteiger partial charge in [0.05, 0.1) is 11.7 Å². The lowest BCUT2D eigenvalue weighted by Gasteiger charge is -2.48. The van der Waals surface area contributed by atoms with E-state index < -0.39 is 0 Å². The van der Waals surface area contributed by atoms with Crippen molar-refractivity contribution in [3.05, 3.63) is 35.4 Å². The second-order valence-corrected chi connectivity index (χ2v) is 7.92. The highest BCUT2D eigenvalue weighted by atomic mass is 16.5. The van der Waals surface area contributed by atoms with Crippen LogP contribution in [0, 0.1) is 5.92 Å². The van der Waals surface area contributed by atoms with Crippen molar-refractivity contribution in [2.24, 2.45) is 5.92 Å². The number of hydrogen-bond donors (Lipinski definition) is 1. The van der Waals surface area contributed by atoms with Gasteiger partial charge in [0.15, 0.2) is 0 Å². The summed E-state index contributed by atoms with van der Waals surface area (Å²) < 4.78 is 6.00. The highest BCUT2D eigenvalue weighted by Gasteiger charge is 2.44. The third-order valence-corrected chi connectivity index (χ3v) is 5.33. The molecule has 1 aromatic rings. The first-order chi connectivity index (χ1) is 9.91. The molecule has 1 heterocycles. The third kappa shape index (κ3) is 2.89. The SMILES string of the molecule is CC(C)(C)c1ccccc1C(O)C1CCOC2(CCC2)C1. The van der Waals surface area contributed by atoms with Crippen molar-refractivity contribution >= 4 is 0 Å². The summed E-state index contributed by atoms with van der Waals surface area (Å²) >= 11 is 0. The molecule has 116 valence electrons. The molecule has 1 saturated heterocycles. The Kier molecular flexibility index (Phi) is 3.87. The highest BCUT2D eigenvalue weighted by molar-refractivity contribution is 5.35. The van der Waals surface area contributed by atoms with Gasteiger partial charge in [-0.05, 0) is 54.6 Å². The molecule has 1 aliphatic carbocycles. The molecule has 2 unspecified atom stereocenters. The van der Waals surface area contributed by atoms with Crippen molar-refractivity contribution in [3.63, 3.8) is 0 Å². The fraction of sp³-hybridized carbons (Fsp3) is 0.684. The summed E-state index contributed by atoms with van der Waals surface area (Å²) in [6.45, 7) is 7.46. The van der Waals surface area contributed by atoms with E-state index in [0.29, 0.717) is 5.92 Å². The predicted molar refractivity (Wildman–Crippen MR) is 85.4 cm³/mol. The van der Waals surface area contributed by atoms with Gasteiger partial charge >= 0.3 is 0 Å². The fourth-order valence-corrected chi connectivity index (χ4v) is 3.95. The van der Waals surface area contributed by atoms with Crippen LogP contribution in [0.2, 0.25) is 0 Å². The number of ether oxygens (including phenoxy) is 1. The maximum Gasteiger partial charge on any atom is 0.0822 e. The Balaban J connectivity index is 1.83. The zero-order chi connectivity index (χ0) is 15.1.